The molecule has 0 saturated carbocycles. The van der Waals surface area contributed by atoms with Gasteiger partial charge in [0, 0.05) is 43.6 Å². The lowest BCUT2D eigenvalue weighted by Gasteiger charge is -2.37. The van der Waals surface area contributed by atoms with Crippen molar-refractivity contribution in [3.05, 3.63) is 88.5 Å². The molecule has 200 valence electrons. The molecule has 7 nitrogen and oxygen atoms in total. The number of thiophene rings is 1. The lowest BCUT2D eigenvalue weighted by molar-refractivity contribution is -0.141. The number of anilines is 1. The highest BCUT2D eigenvalue weighted by Gasteiger charge is 2.33. The number of aromatic nitrogens is 1. The second-order valence-electron chi connectivity index (χ2n) is 8.77. The number of benzene rings is 1. The molecule has 0 bridgehead atoms. The number of amidine groups is 1. The first kappa shape index (κ1) is 27.3. The number of hydrogen-bond acceptors (Lipinski definition) is 7. The summed E-state index contributed by atoms with van der Waals surface area (Å²) < 4.78 is 44.3. The number of hydrogen-bond donors (Lipinski definition) is 2. The van der Waals surface area contributed by atoms with E-state index in [1.807, 2.05) is 34.5 Å². The highest BCUT2D eigenvalue weighted by Crippen LogP contribution is 2.28. The minimum Gasteiger partial charge on any atom is -0.497 e. The lowest BCUT2D eigenvalue weighted by atomic mass is 10.0. The number of likely N-dealkylation sites (tertiary alicyclic amines) is 1. The Morgan fingerprint density at radius 2 is 1.97 bits per heavy atom. The minimum absolute atomic E-state index is 0.0526. The van der Waals surface area contributed by atoms with Crippen molar-refractivity contribution in [2.24, 2.45) is 0 Å². The number of methoxy groups -OCH3 is 1. The molecular formula is C27H28F3N5O2S. The van der Waals surface area contributed by atoms with Crippen LogP contribution >= 0.6 is 11.3 Å². The number of carbonyl (C=O) groups excluding carboxylic acids is 1. The van der Waals surface area contributed by atoms with Crippen molar-refractivity contribution < 1.29 is 22.7 Å². The fraction of sp³-hybridized carbons (Fsp3) is 0.296. The van der Waals surface area contributed by atoms with Gasteiger partial charge in [-0.2, -0.15) is 13.2 Å². The lowest BCUT2D eigenvalue weighted by Crippen LogP contribution is -2.49. The fourth-order valence-electron chi connectivity index (χ4n) is 4.29. The number of alkyl halides is 3. The third-order valence-electron chi connectivity index (χ3n) is 6.18. The maximum atomic E-state index is 13.4. The first-order chi connectivity index (χ1) is 18.2. The smallest absolute Gasteiger partial charge is 0.433 e. The Kier molecular flexibility index (Phi) is 8.80. The molecule has 1 fully saturated rings. The maximum absolute atomic E-state index is 13.4. The fourth-order valence-corrected chi connectivity index (χ4v) is 4.95. The Balaban J connectivity index is 1.42. The van der Waals surface area contributed by atoms with Crippen LogP contribution in [0.2, 0.25) is 0 Å². The molecule has 0 atom stereocenters. The van der Waals surface area contributed by atoms with Crippen LogP contribution in [0.5, 0.6) is 5.75 Å². The second kappa shape index (κ2) is 12.2. The molecule has 0 radical (unpaired) electrons. The highest BCUT2D eigenvalue weighted by molar-refractivity contribution is 7.12. The van der Waals surface area contributed by atoms with Crippen LogP contribution in [0.25, 0.3) is 0 Å². The van der Waals surface area contributed by atoms with E-state index in [0.717, 1.165) is 11.8 Å². The molecule has 0 unspecified atom stereocenters. The molecule has 1 saturated heterocycles. The molecule has 11 heteroatoms. The third-order valence-corrected chi connectivity index (χ3v) is 7.03. The predicted molar refractivity (Wildman–Crippen MR) is 142 cm³/mol. The van der Waals surface area contributed by atoms with E-state index in [2.05, 4.69) is 10.3 Å². The quantitative estimate of drug-likeness (QED) is 0.274. The van der Waals surface area contributed by atoms with Crippen molar-refractivity contribution in [1.82, 2.24) is 14.8 Å². The van der Waals surface area contributed by atoms with Crippen molar-refractivity contribution >= 4 is 28.8 Å². The SMILES string of the molecule is COc1cccc(N/C=C\C(=N)N(C(=O)c2cccs2)C2CCN(Cc3cccc(C(F)(F)F)n3)CC2)c1. The first-order valence-electron chi connectivity index (χ1n) is 12.0. The minimum atomic E-state index is -4.49. The number of halogens is 3. The van der Waals surface area contributed by atoms with Crippen LogP contribution in [-0.4, -0.2) is 52.8 Å². The Hall–Kier alpha value is -3.70. The maximum Gasteiger partial charge on any atom is 0.433 e. The summed E-state index contributed by atoms with van der Waals surface area (Å²) >= 11 is 1.32. The van der Waals surface area contributed by atoms with Crippen LogP contribution in [0.1, 0.15) is 33.9 Å². The van der Waals surface area contributed by atoms with Gasteiger partial charge in [0.1, 0.15) is 17.3 Å². The van der Waals surface area contributed by atoms with E-state index >= 15 is 0 Å². The Morgan fingerprint density at radius 3 is 2.66 bits per heavy atom. The van der Waals surface area contributed by atoms with Crippen molar-refractivity contribution in [2.75, 3.05) is 25.5 Å². The number of nitrogens with one attached hydrogen (secondary N) is 2. The van der Waals surface area contributed by atoms with Gasteiger partial charge in [0.15, 0.2) is 0 Å². The molecule has 2 N–H and O–H groups in total. The van der Waals surface area contributed by atoms with Crippen LogP contribution in [0.4, 0.5) is 18.9 Å². The van der Waals surface area contributed by atoms with Gasteiger partial charge in [0.2, 0.25) is 0 Å². The summed E-state index contributed by atoms with van der Waals surface area (Å²) in [6.07, 6.45) is -0.170. The first-order valence-corrected chi connectivity index (χ1v) is 12.9. The van der Waals surface area contributed by atoms with E-state index in [4.69, 9.17) is 10.1 Å². The van der Waals surface area contributed by atoms with Crippen LogP contribution < -0.4 is 10.1 Å². The Labute approximate surface area is 223 Å². The molecule has 4 rings (SSSR count). The zero-order chi connectivity index (χ0) is 27.1. The van der Waals surface area contributed by atoms with Gasteiger partial charge in [0.05, 0.1) is 17.7 Å². The zero-order valence-corrected chi connectivity index (χ0v) is 21.6. The summed E-state index contributed by atoms with van der Waals surface area (Å²) in [5, 5.41) is 13.6. The van der Waals surface area contributed by atoms with Crippen LogP contribution in [0.15, 0.2) is 72.3 Å². The van der Waals surface area contributed by atoms with E-state index < -0.39 is 11.9 Å². The normalized spacial score (nSPS) is 14.9. The standard InChI is InChI=1S/C27H28F3N5O2S/c1-37-22-7-2-5-19(17-22)32-13-10-25(31)35(26(36)23-8-4-16-38-23)21-11-14-34(15-12-21)18-20-6-3-9-24(33-20)27(28,29)30/h2-10,13,16-17,21,31-32H,11-12,14-15,18H2,1H3/b13-10-,31-25?. The summed E-state index contributed by atoms with van der Waals surface area (Å²) in [6, 6.07) is 14.6. The molecule has 38 heavy (non-hydrogen) atoms. The van der Waals surface area contributed by atoms with Gasteiger partial charge >= 0.3 is 6.18 Å². The number of rotatable bonds is 8. The van der Waals surface area contributed by atoms with E-state index in [1.165, 1.54) is 22.3 Å². The van der Waals surface area contributed by atoms with Gasteiger partial charge in [0.25, 0.3) is 5.91 Å². The number of amides is 1. The number of nitrogens with zero attached hydrogens (tertiary/aromatic N) is 3. The molecule has 1 aliphatic heterocycles. The highest BCUT2D eigenvalue weighted by atomic mass is 32.1. The number of carbonyl (C=O) groups is 1. The molecule has 3 heterocycles. The van der Waals surface area contributed by atoms with Crippen LogP contribution in [0, 0.1) is 5.41 Å². The van der Waals surface area contributed by atoms with Gasteiger partial charge in [-0.05, 0) is 54.6 Å². The molecule has 1 amide bonds. The number of pyridine rings is 1. The molecule has 1 aromatic carbocycles. The van der Waals surface area contributed by atoms with Crippen LogP contribution in [0.3, 0.4) is 0 Å². The molecule has 2 aromatic heterocycles. The summed E-state index contributed by atoms with van der Waals surface area (Å²) in [4.78, 5) is 21.2. The molecule has 0 aliphatic carbocycles. The largest absolute Gasteiger partial charge is 0.497 e. The topological polar surface area (TPSA) is 81.5 Å². The molecule has 3 aromatic rings. The van der Waals surface area contributed by atoms with Gasteiger partial charge in [-0.1, -0.05) is 18.2 Å². The van der Waals surface area contributed by atoms with Gasteiger partial charge in [-0.25, -0.2) is 4.98 Å². The predicted octanol–water partition coefficient (Wildman–Crippen LogP) is 5.88. The summed E-state index contributed by atoms with van der Waals surface area (Å²) in [5.74, 6) is 0.505. The van der Waals surface area contributed by atoms with E-state index in [-0.39, 0.29) is 24.3 Å². The third kappa shape index (κ3) is 6.99. The van der Waals surface area contributed by atoms with Crippen LogP contribution in [-0.2, 0) is 12.7 Å². The Morgan fingerprint density at radius 1 is 1.21 bits per heavy atom. The molecular weight excluding hydrogens is 515 g/mol. The van der Waals surface area contributed by atoms with E-state index in [0.29, 0.717) is 42.3 Å². The van der Waals surface area contributed by atoms with Gasteiger partial charge in [-0.15, -0.1) is 11.3 Å². The Bertz CT molecular complexity index is 1270. The average molecular weight is 544 g/mol. The van der Waals surface area contributed by atoms with Crippen molar-refractivity contribution in [3.8, 4) is 5.75 Å². The monoisotopic (exact) mass is 543 g/mol. The zero-order valence-electron chi connectivity index (χ0n) is 20.7. The molecule has 1 aliphatic rings. The number of ether oxygens (including phenoxy) is 1. The summed E-state index contributed by atoms with van der Waals surface area (Å²) in [6.45, 7) is 1.42. The van der Waals surface area contributed by atoms with Crippen molar-refractivity contribution in [2.45, 2.75) is 31.6 Å². The van der Waals surface area contributed by atoms with Gasteiger partial charge < -0.3 is 10.1 Å². The van der Waals surface area contributed by atoms with E-state index in [1.54, 1.807) is 37.6 Å². The molecule has 0 spiro atoms. The number of piperidine rings is 1. The second-order valence-corrected chi connectivity index (χ2v) is 9.71. The van der Waals surface area contributed by atoms with E-state index in [9.17, 15) is 18.0 Å². The van der Waals surface area contributed by atoms with Gasteiger partial charge in [-0.3, -0.25) is 20.0 Å². The van der Waals surface area contributed by atoms with Crippen molar-refractivity contribution in [1.29, 1.82) is 5.41 Å². The van der Waals surface area contributed by atoms with Crippen molar-refractivity contribution in [3.63, 3.8) is 0 Å². The summed E-state index contributed by atoms with van der Waals surface area (Å²) in [7, 11) is 1.58. The average Bonchev–Trinajstić information content (AvgIpc) is 3.45. The summed E-state index contributed by atoms with van der Waals surface area (Å²) in [5.41, 5.74) is 0.227.